The van der Waals surface area contributed by atoms with Crippen molar-refractivity contribution in [2.45, 2.75) is 19.8 Å². The SMILES string of the molecule is CC1(CNc2c(Cl)cc([N+](=O)[O-])cc2Cl)CC1. The normalized spacial score (nSPS) is 16.6. The van der Waals surface area contributed by atoms with Gasteiger partial charge in [0.2, 0.25) is 0 Å². The van der Waals surface area contributed by atoms with Crippen LogP contribution in [-0.4, -0.2) is 11.5 Å². The predicted molar refractivity (Wildman–Crippen MR) is 68.9 cm³/mol. The van der Waals surface area contributed by atoms with Gasteiger partial charge in [-0.1, -0.05) is 30.1 Å². The van der Waals surface area contributed by atoms with Gasteiger partial charge in [0.25, 0.3) is 5.69 Å². The maximum atomic E-state index is 10.6. The Hall–Kier alpha value is -1.00. The first-order valence-corrected chi connectivity index (χ1v) is 6.04. The molecule has 0 radical (unpaired) electrons. The fraction of sp³-hybridized carbons (Fsp3) is 0.455. The van der Waals surface area contributed by atoms with Crippen LogP contribution in [-0.2, 0) is 0 Å². The van der Waals surface area contributed by atoms with Crippen molar-refractivity contribution in [1.82, 2.24) is 0 Å². The minimum absolute atomic E-state index is 0.0943. The molecule has 1 saturated carbocycles. The van der Waals surface area contributed by atoms with E-state index in [2.05, 4.69) is 12.2 Å². The lowest BCUT2D eigenvalue weighted by atomic mass is 10.1. The summed E-state index contributed by atoms with van der Waals surface area (Å²) in [7, 11) is 0. The second-order valence-corrected chi connectivity index (χ2v) is 5.52. The number of non-ortho nitro benzene ring substituents is 1. The van der Waals surface area contributed by atoms with Gasteiger partial charge < -0.3 is 5.32 Å². The van der Waals surface area contributed by atoms with Crippen molar-refractivity contribution < 1.29 is 4.92 Å². The topological polar surface area (TPSA) is 55.2 Å². The molecular formula is C11H12Cl2N2O2. The van der Waals surface area contributed by atoms with E-state index in [9.17, 15) is 10.1 Å². The van der Waals surface area contributed by atoms with Crippen LogP contribution in [0, 0.1) is 15.5 Å². The van der Waals surface area contributed by atoms with E-state index in [0.29, 0.717) is 11.1 Å². The number of nitro benzene ring substituents is 1. The lowest BCUT2D eigenvalue weighted by Crippen LogP contribution is -2.12. The van der Waals surface area contributed by atoms with Gasteiger partial charge in [0.1, 0.15) is 0 Å². The van der Waals surface area contributed by atoms with Gasteiger partial charge in [-0.2, -0.15) is 0 Å². The molecule has 1 aromatic rings. The van der Waals surface area contributed by atoms with Gasteiger partial charge in [-0.25, -0.2) is 0 Å². The van der Waals surface area contributed by atoms with Gasteiger partial charge in [-0.05, 0) is 18.3 Å². The molecule has 2 rings (SSSR count). The van der Waals surface area contributed by atoms with E-state index < -0.39 is 4.92 Å². The summed E-state index contributed by atoms with van der Waals surface area (Å²) in [6, 6.07) is 2.62. The molecule has 0 aliphatic heterocycles. The van der Waals surface area contributed by atoms with E-state index in [0.717, 1.165) is 6.54 Å². The van der Waals surface area contributed by atoms with Crippen molar-refractivity contribution in [3.8, 4) is 0 Å². The number of anilines is 1. The quantitative estimate of drug-likeness (QED) is 0.664. The van der Waals surface area contributed by atoms with Crippen molar-refractivity contribution >= 4 is 34.6 Å². The molecule has 0 unspecified atom stereocenters. The standard InChI is InChI=1S/C11H12Cl2N2O2/c1-11(2-3-11)6-14-10-8(12)4-7(15(16)17)5-9(10)13/h4-5,14H,2-3,6H2,1H3. The van der Waals surface area contributed by atoms with Gasteiger partial charge in [0, 0.05) is 18.7 Å². The highest BCUT2D eigenvalue weighted by Gasteiger charge is 2.37. The van der Waals surface area contributed by atoms with Crippen LogP contribution < -0.4 is 5.32 Å². The molecule has 4 nitrogen and oxygen atoms in total. The lowest BCUT2D eigenvalue weighted by Gasteiger charge is -2.13. The third-order valence-electron chi connectivity index (χ3n) is 3.03. The summed E-state index contributed by atoms with van der Waals surface area (Å²) in [5, 5.41) is 14.3. The van der Waals surface area contributed by atoms with Crippen LogP contribution in [0.3, 0.4) is 0 Å². The van der Waals surface area contributed by atoms with Crippen molar-refractivity contribution in [3.05, 3.63) is 32.3 Å². The molecule has 1 aliphatic carbocycles. The lowest BCUT2D eigenvalue weighted by molar-refractivity contribution is -0.384. The van der Waals surface area contributed by atoms with Crippen LogP contribution in [0.2, 0.25) is 10.0 Å². The number of nitrogens with zero attached hydrogens (tertiary/aromatic N) is 1. The van der Waals surface area contributed by atoms with Gasteiger partial charge in [-0.15, -0.1) is 0 Å². The van der Waals surface area contributed by atoms with E-state index in [1.807, 2.05) is 0 Å². The Morgan fingerprint density at radius 2 is 1.94 bits per heavy atom. The molecule has 1 aliphatic rings. The Balaban J connectivity index is 2.19. The molecule has 0 aromatic heterocycles. The molecule has 17 heavy (non-hydrogen) atoms. The molecule has 6 heteroatoms. The van der Waals surface area contributed by atoms with Gasteiger partial charge in [0.15, 0.2) is 0 Å². The Labute approximate surface area is 109 Å². The predicted octanol–water partition coefficient (Wildman–Crippen LogP) is 4.11. The van der Waals surface area contributed by atoms with E-state index in [1.54, 1.807) is 0 Å². The summed E-state index contributed by atoms with van der Waals surface area (Å²) < 4.78 is 0. The Morgan fingerprint density at radius 1 is 1.41 bits per heavy atom. The van der Waals surface area contributed by atoms with Crippen LogP contribution in [0.25, 0.3) is 0 Å². The van der Waals surface area contributed by atoms with Crippen LogP contribution in [0.5, 0.6) is 0 Å². The van der Waals surface area contributed by atoms with Crippen molar-refractivity contribution in [2.75, 3.05) is 11.9 Å². The van der Waals surface area contributed by atoms with E-state index in [4.69, 9.17) is 23.2 Å². The van der Waals surface area contributed by atoms with E-state index in [-0.39, 0.29) is 15.7 Å². The zero-order valence-electron chi connectivity index (χ0n) is 9.30. The van der Waals surface area contributed by atoms with Crippen molar-refractivity contribution in [1.29, 1.82) is 0 Å². The second-order valence-electron chi connectivity index (χ2n) is 4.71. The van der Waals surface area contributed by atoms with Crippen LogP contribution in [0.15, 0.2) is 12.1 Å². The number of halogens is 2. The van der Waals surface area contributed by atoms with Crippen LogP contribution in [0.1, 0.15) is 19.8 Å². The minimum Gasteiger partial charge on any atom is -0.382 e. The molecule has 1 fully saturated rings. The first-order chi connectivity index (χ1) is 7.91. The highest BCUT2D eigenvalue weighted by molar-refractivity contribution is 6.39. The summed E-state index contributed by atoms with van der Waals surface area (Å²) in [6.45, 7) is 2.96. The number of rotatable bonds is 4. The van der Waals surface area contributed by atoms with Gasteiger partial charge in [0.05, 0.1) is 20.7 Å². The summed E-state index contributed by atoms with van der Waals surface area (Å²) in [5.41, 5.74) is 0.796. The van der Waals surface area contributed by atoms with E-state index in [1.165, 1.54) is 25.0 Å². The van der Waals surface area contributed by atoms with Crippen LogP contribution >= 0.6 is 23.2 Å². The fourth-order valence-electron chi connectivity index (χ4n) is 1.53. The Morgan fingerprint density at radius 3 is 2.35 bits per heavy atom. The molecule has 0 spiro atoms. The summed E-state index contributed by atoms with van der Waals surface area (Å²) in [5.74, 6) is 0. The first-order valence-electron chi connectivity index (χ1n) is 5.29. The molecule has 0 atom stereocenters. The summed E-state index contributed by atoms with van der Waals surface area (Å²) in [6.07, 6.45) is 2.37. The maximum Gasteiger partial charge on any atom is 0.272 e. The molecule has 0 amide bonds. The van der Waals surface area contributed by atoms with Gasteiger partial charge >= 0.3 is 0 Å². The first kappa shape index (κ1) is 12.5. The summed E-state index contributed by atoms with van der Waals surface area (Å²) in [4.78, 5) is 10.1. The van der Waals surface area contributed by atoms with Crippen molar-refractivity contribution in [2.24, 2.45) is 5.41 Å². The average molecular weight is 275 g/mol. The Bertz CT molecular complexity index is 450. The Kier molecular flexibility index (Phi) is 3.19. The number of hydrogen-bond donors (Lipinski definition) is 1. The largest absolute Gasteiger partial charge is 0.382 e. The van der Waals surface area contributed by atoms with Crippen LogP contribution in [0.4, 0.5) is 11.4 Å². The number of nitro groups is 1. The van der Waals surface area contributed by atoms with Gasteiger partial charge in [-0.3, -0.25) is 10.1 Å². The highest BCUT2D eigenvalue weighted by Crippen LogP contribution is 2.45. The smallest absolute Gasteiger partial charge is 0.272 e. The summed E-state index contributed by atoms with van der Waals surface area (Å²) >= 11 is 12.0. The second kappa shape index (κ2) is 4.35. The van der Waals surface area contributed by atoms with Crippen molar-refractivity contribution in [3.63, 3.8) is 0 Å². The third kappa shape index (κ3) is 2.82. The molecule has 92 valence electrons. The molecule has 0 heterocycles. The van der Waals surface area contributed by atoms with E-state index >= 15 is 0 Å². The highest BCUT2D eigenvalue weighted by atomic mass is 35.5. The maximum absolute atomic E-state index is 10.6. The molecule has 1 N–H and O–H groups in total. The number of hydrogen-bond acceptors (Lipinski definition) is 3. The molecule has 0 saturated heterocycles. The third-order valence-corrected chi connectivity index (χ3v) is 3.63. The molecule has 0 bridgehead atoms. The monoisotopic (exact) mass is 274 g/mol. The molecular weight excluding hydrogens is 263 g/mol. The fourth-order valence-corrected chi connectivity index (χ4v) is 2.14. The minimum atomic E-state index is -0.510. The number of nitrogens with one attached hydrogen (secondary N) is 1. The zero-order valence-corrected chi connectivity index (χ0v) is 10.8. The zero-order chi connectivity index (χ0) is 12.6. The average Bonchev–Trinajstić information content (AvgIpc) is 2.95. The number of benzene rings is 1. The molecule has 1 aromatic carbocycles.